The van der Waals surface area contributed by atoms with Crippen molar-refractivity contribution >= 4 is 0 Å². The number of aryl methyl sites for hydroxylation is 1. The van der Waals surface area contributed by atoms with Gasteiger partial charge in [0.1, 0.15) is 11.5 Å². The normalized spacial score (nSPS) is 10.1. The highest BCUT2D eigenvalue weighted by Gasteiger charge is 2.02. The predicted octanol–water partition coefficient (Wildman–Crippen LogP) is 2.64. The molecule has 3 nitrogen and oxygen atoms in total. The number of aromatic nitrogens is 1. The Morgan fingerprint density at radius 2 is 2.06 bits per heavy atom. The molecule has 2 aromatic rings. The van der Waals surface area contributed by atoms with Crippen molar-refractivity contribution in [3.05, 3.63) is 53.9 Å². The lowest BCUT2D eigenvalue weighted by atomic mass is 10.2. The molecule has 0 aliphatic heterocycles. The lowest BCUT2D eigenvalue weighted by Crippen LogP contribution is -1.99. The van der Waals surface area contributed by atoms with E-state index < -0.39 is 0 Å². The molecule has 0 atom stereocenters. The van der Waals surface area contributed by atoms with Crippen molar-refractivity contribution in [2.24, 2.45) is 5.73 Å². The van der Waals surface area contributed by atoms with Gasteiger partial charge in [0, 0.05) is 30.1 Å². The number of nitrogens with two attached hydrogens (primary N) is 1. The van der Waals surface area contributed by atoms with Crippen LogP contribution in [0.4, 0.5) is 0 Å². The Labute approximate surface area is 94.9 Å². The van der Waals surface area contributed by atoms with Crippen LogP contribution < -0.4 is 10.5 Å². The van der Waals surface area contributed by atoms with Crippen LogP contribution in [0.15, 0.2) is 42.6 Å². The summed E-state index contributed by atoms with van der Waals surface area (Å²) in [5, 5.41) is 0. The molecule has 1 aromatic carbocycles. The van der Waals surface area contributed by atoms with Crippen molar-refractivity contribution in [1.29, 1.82) is 0 Å². The second-order valence-corrected chi connectivity index (χ2v) is 3.55. The van der Waals surface area contributed by atoms with Gasteiger partial charge in [-0.15, -0.1) is 0 Å². The van der Waals surface area contributed by atoms with Crippen LogP contribution in [0.3, 0.4) is 0 Å². The van der Waals surface area contributed by atoms with E-state index in [0.717, 1.165) is 22.8 Å². The van der Waals surface area contributed by atoms with Crippen LogP contribution in [-0.2, 0) is 6.54 Å². The van der Waals surface area contributed by atoms with E-state index in [1.54, 1.807) is 6.20 Å². The average molecular weight is 214 g/mol. The van der Waals surface area contributed by atoms with Gasteiger partial charge >= 0.3 is 0 Å². The minimum atomic E-state index is 0.472. The summed E-state index contributed by atoms with van der Waals surface area (Å²) in [4.78, 5) is 4.12. The molecule has 0 fully saturated rings. The summed E-state index contributed by atoms with van der Waals surface area (Å²) in [6.07, 6.45) is 1.73. The summed E-state index contributed by atoms with van der Waals surface area (Å²) in [7, 11) is 0. The molecule has 0 aliphatic rings. The van der Waals surface area contributed by atoms with Gasteiger partial charge in [-0.1, -0.05) is 18.2 Å². The maximum Gasteiger partial charge on any atom is 0.131 e. The van der Waals surface area contributed by atoms with Gasteiger partial charge in [-0.05, 0) is 19.1 Å². The van der Waals surface area contributed by atoms with E-state index >= 15 is 0 Å². The first kappa shape index (κ1) is 10.6. The van der Waals surface area contributed by atoms with E-state index in [1.807, 2.05) is 43.3 Å². The van der Waals surface area contributed by atoms with Crippen LogP contribution in [-0.4, -0.2) is 4.98 Å². The second kappa shape index (κ2) is 4.77. The number of hydrogen-bond donors (Lipinski definition) is 1. The number of rotatable bonds is 3. The molecule has 3 heteroatoms. The Morgan fingerprint density at radius 3 is 2.81 bits per heavy atom. The summed E-state index contributed by atoms with van der Waals surface area (Å²) < 4.78 is 5.76. The molecule has 16 heavy (non-hydrogen) atoms. The standard InChI is InChI=1S/C13H14N2O/c1-10-8-12(6-7-15-10)16-13-5-3-2-4-11(13)9-14/h2-8H,9,14H2,1H3. The Kier molecular flexibility index (Phi) is 3.17. The topological polar surface area (TPSA) is 48.1 Å². The number of hydrogen-bond acceptors (Lipinski definition) is 3. The molecule has 0 amide bonds. The number of pyridine rings is 1. The van der Waals surface area contributed by atoms with Crippen molar-refractivity contribution in [3.8, 4) is 11.5 Å². The number of ether oxygens (including phenoxy) is 1. The largest absolute Gasteiger partial charge is 0.457 e. The Bertz CT molecular complexity index is 483. The van der Waals surface area contributed by atoms with Crippen LogP contribution in [0, 0.1) is 6.92 Å². The van der Waals surface area contributed by atoms with E-state index in [0.29, 0.717) is 6.54 Å². The molecule has 0 saturated heterocycles. The van der Waals surface area contributed by atoms with E-state index in [-0.39, 0.29) is 0 Å². The van der Waals surface area contributed by atoms with Gasteiger partial charge in [0.2, 0.25) is 0 Å². The maximum atomic E-state index is 5.76. The summed E-state index contributed by atoms with van der Waals surface area (Å²) in [6, 6.07) is 11.5. The third-order valence-electron chi connectivity index (χ3n) is 2.29. The summed E-state index contributed by atoms with van der Waals surface area (Å²) in [6.45, 7) is 2.40. The SMILES string of the molecule is Cc1cc(Oc2ccccc2CN)ccn1. The van der Waals surface area contributed by atoms with Crippen molar-refractivity contribution in [1.82, 2.24) is 4.98 Å². The minimum absolute atomic E-state index is 0.472. The molecular weight excluding hydrogens is 200 g/mol. The zero-order valence-electron chi connectivity index (χ0n) is 9.18. The van der Waals surface area contributed by atoms with Crippen LogP contribution in [0.25, 0.3) is 0 Å². The lowest BCUT2D eigenvalue weighted by molar-refractivity contribution is 0.475. The van der Waals surface area contributed by atoms with Crippen molar-refractivity contribution < 1.29 is 4.74 Å². The number of nitrogens with zero attached hydrogens (tertiary/aromatic N) is 1. The summed E-state index contributed by atoms with van der Waals surface area (Å²) >= 11 is 0. The van der Waals surface area contributed by atoms with E-state index in [2.05, 4.69) is 4.98 Å². The lowest BCUT2D eigenvalue weighted by Gasteiger charge is -2.09. The molecule has 2 rings (SSSR count). The fourth-order valence-electron chi connectivity index (χ4n) is 1.48. The van der Waals surface area contributed by atoms with E-state index in [1.165, 1.54) is 0 Å². The minimum Gasteiger partial charge on any atom is -0.457 e. The van der Waals surface area contributed by atoms with Gasteiger partial charge in [0.15, 0.2) is 0 Å². The van der Waals surface area contributed by atoms with Gasteiger partial charge in [0.25, 0.3) is 0 Å². The maximum absolute atomic E-state index is 5.76. The Hall–Kier alpha value is -1.87. The van der Waals surface area contributed by atoms with Gasteiger partial charge in [-0.3, -0.25) is 4.98 Å². The number of para-hydroxylation sites is 1. The fourth-order valence-corrected chi connectivity index (χ4v) is 1.48. The van der Waals surface area contributed by atoms with Crippen molar-refractivity contribution in [2.45, 2.75) is 13.5 Å². The van der Waals surface area contributed by atoms with Crippen LogP contribution >= 0.6 is 0 Å². The molecule has 82 valence electrons. The molecule has 2 N–H and O–H groups in total. The van der Waals surface area contributed by atoms with Crippen molar-refractivity contribution in [3.63, 3.8) is 0 Å². The van der Waals surface area contributed by atoms with Gasteiger partial charge in [-0.2, -0.15) is 0 Å². The Morgan fingerprint density at radius 1 is 1.25 bits per heavy atom. The highest BCUT2D eigenvalue weighted by molar-refractivity contribution is 5.37. The van der Waals surface area contributed by atoms with E-state index in [4.69, 9.17) is 10.5 Å². The van der Waals surface area contributed by atoms with Crippen molar-refractivity contribution in [2.75, 3.05) is 0 Å². The second-order valence-electron chi connectivity index (χ2n) is 3.55. The molecular formula is C13H14N2O. The van der Waals surface area contributed by atoms with E-state index in [9.17, 15) is 0 Å². The van der Waals surface area contributed by atoms with Crippen LogP contribution in [0.2, 0.25) is 0 Å². The average Bonchev–Trinajstić information content (AvgIpc) is 2.30. The molecule has 0 spiro atoms. The summed E-state index contributed by atoms with van der Waals surface area (Å²) in [5.41, 5.74) is 7.57. The first-order chi connectivity index (χ1) is 7.79. The zero-order chi connectivity index (χ0) is 11.4. The molecule has 0 saturated carbocycles. The highest BCUT2D eigenvalue weighted by atomic mass is 16.5. The molecule has 1 heterocycles. The molecule has 0 aliphatic carbocycles. The van der Waals surface area contributed by atoms with Crippen LogP contribution in [0.1, 0.15) is 11.3 Å². The molecule has 0 bridgehead atoms. The predicted molar refractivity (Wildman–Crippen MR) is 63.4 cm³/mol. The van der Waals surface area contributed by atoms with Crippen LogP contribution in [0.5, 0.6) is 11.5 Å². The molecule has 0 radical (unpaired) electrons. The monoisotopic (exact) mass is 214 g/mol. The fraction of sp³-hybridized carbons (Fsp3) is 0.154. The zero-order valence-corrected chi connectivity index (χ0v) is 9.18. The smallest absolute Gasteiger partial charge is 0.131 e. The Balaban J connectivity index is 2.26. The first-order valence-corrected chi connectivity index (χ1v) is 5.18. The van der Waals surface area contributed by atoms with Gasteiger partial charge in [0.05, 0.1) is 0 Å². The third kappa shape index (κ3) is 2.38. The summed E-state index contributed by atoms with van der Waals surface area (Å²) in [5.74, 6) is 1.59. The number of benzene rings is 1. The molecule has 1 aromatic heterocycles. The molecule has 0 unspecified atom stereocenters. The highest BCUT2D eigenvalue weighted by Crippen LogP contribution is 2.24. The van der Waals surface area contributed by atoms with Gasteiger partial charge in [-0.25, -0.2) is 0 Å². The third-order valence-corrected chi connectivity index (χ3v) is 2.29. The van der Waals surface area contributed by atoms with Gasteiger partial charge < -0.3 is 10.5 Å². The first-order valence-electron chi connectivity index (χ1n) is 5.18. The quantitative estimate of drug-likeness (QED) is 0.854.